The first kappa shape index (κ1) is 13.2. The van der Waals surface area contributed by atoms with Crippen LogP contribution in [0, 0.1) is 0 Å². The molecule has 0 aliphatic carbocycles. The quantitative estimate of drug-likeness (QED) is 0.370. The number of hydrogen-bond acceptors (Lipinski definition) is 2. The van der Waals surface area contributed by atoms with Crippen LogP contribution >= 0.6 is 0 Å². The molecular formula is C11H22NO2+. The Morgan fingerprint density at radius 2 is 1.64 bits per heavy atom. The summed E-state index contributed by atoms with van der Waals surface area (Å²) in [6.07, 6.45) is 0. The van der Waals surface area contributed by atoms with Gasteiger partial charge < -0.3 is 9.22 Å². The maximum atomic E-state index is 11.2. The number of hydrogen-bond donors (Lipinski definition) is 0. The van der Waals surface area contributed by atoms with Gasteiger partial charge in [-0.15, -0.1) is 0 Å². The first-order valence-corrected chi connectivity index (χ1v) is 5.16. The van der Waals surface area contributed by atoms with Gasteiger partial charge >= 0.3 is 5.97 Å². The molecule has 0 unspecified atom stereocenters. The third kappa shape index (κ3) is 3.14. The van der Waals surface area contributed by atoms with E-state index in [1.54, 1.807) is 0 Å². The van der Waals surface area contributed by atoms with Crippen molar-refractivity contribution >= 4 is 5.97 Å². The lowest BCUT2D eigenvalue weighted by atomic mass is 10.2. The molecule has 0 fully saturated rings. The largest absolute Gasteiger partial charge is 0.466 e. The molecule has 0 aromatic carbocycles. The van der Waals surface area contributed by atoms with E-state index in [1.165, 1.54) is 7.11 Å². The van der Waals surface area contributed by atoms with Crippen molar-refractivity contribution in [1.82, 2.24) is 0 Å². The Hall–Kier alpha value is -0.830. The SMILES string of the molecule is C=C(C[N+](CC)(CC)CC)C(=O)OC. The second-order valence-electron chi connectivity index (χ2n) is 3.54. The summed E-state index contributed by atoms with van der Waals surface area (Å²) in [5, 5.41) is 0. The molecule has 0 spiro atoms. The molecule has 0 rings (SSSR count). The van der Waals surface area contributed by atoms with Crippen LogP contribution in [0.5, 0.6) is 0 Å². The Bertz CT molecular complexity index is 199. The first-order valence-electron chi connectivity index (χ1n) is 5.16. The van der Waals surface area contributed by atoms with E-state index in [0.29, 0.717) is 12.1 Å². The number of methoxy groups -OCH3 is 1. The third-order valence-corrected chi connectivity index (χ3v) is 3.01. The molecule has 3 heteroatoms. The fourth-order valence-electron chi connectivity index (χ4n) is 1.62. The number of nitrogens with zero attached hydrogens (tertiary/aromatic N) is 1. The number of likely N-dealkylation sites (N-methyl/N-ethyl adjacent to an activating group) is 1. The van der Waals surface area contributed by atoms with Crippen molar-refractivity contribution in [1.29, 1.82) is 0 Å². The van der Waals surface area contributed by atoms with Gasteiger partial charge in [0.15, 0.2) is 0 Å². The van der Waals surface area contributed by atoms with Gasteiger partial charge in [0, 0.05) is 0 Å². The van der Waals surface area contributed by atoms with Crippen molar-refractivity contribution in [3.63, 3.8) is 0 Å². The van der Waals surface area contributed by atoms with Gasteiger partial charge in [-0.2, -0.15) is 0 Å². The average molecular weight is 200 g/mol. The van der Waals surface area contributed by atoms with Crippen LogP contribution in [0.15, 0.2) is 12.2 Å². The highest BCUT2D eigenvalue weighted by atomic mass is 16.5. The summed E-state index contributed by atoms with van der Waals surface area (Å²) in [5.74, 6) is -0.289. The highest BCUT2D eigenvalue weighted by Gasteiger charge is 2.24. The van der Waals surface area contributed by atoms with E-state index in [1.807, 2.05) is 0 Å². The molecule has 0 aliphatic heterocycles. The molecule has 0 saturated carbocycles. The van der Waals surface area contributed by atoms with Crippen molar-refractivity contribution < 1.29 is 14.0 Å². The van der Waals surface area contributed by atoms with E-state index >= 15 is 0 Å². The Morgan fingerprint density at radius 1 is 1.21 bits per heavy atom. The minimum absolute atomic E-state index is 0.289. The van der Waals surface area contributed by atoms with Gasteiger partial charge in [-0.3, -0.25) is 0 Å². The van der Waals surface area contributed by atoms with E-state index in [2.05, 4.69) is 32.1 Å². The minimum Gasteiger partial charge on any atom is -0.466 e. The molecule has 0 aliphatic rings. The minimum atomic E-state index is -0.289. The van der Waals surface area contributed by atoms with Gasteiger partial charge in [-0.1, -0.05) is 6.58 Å². The molecule has 0 amide bonds. The maximum Gasteiger partial charge on any atom is 0.338 e. The molecular weight excluding hydrogens is 178 g/mol. The molecule has 0 aromatic rings. The van der Waals surface area contributed by atoms with E-state index in [4.69, 9.17) is 0 Å². The molecule has 0 aromatic heterocycles. The van der Waals surface area contributed by atoms with Crippen LogP contribution in [0.25, 0.3) is 0 Å². The van der Waals surface area contributed by atoms with Gasteiger partial charge in [0.25, 0.3) is 0 Å². The summed E-state index contributed by atoms with van der Waals surface area (Å²) >= 11 is 0. The lowest BCUT2D eigenvalue weighted by Crippen LogP contribution is -2.49. The molecule has 0 saturated heterocycles. The smallest absolute Gasteiger partial charge is 0.338 e. The lowest BCUT2D eigenvalue weighted by molar-refractivity contribution is -0.918. The van der Waals surface area contributed by atoms with Crippen LogP contribution in [-0.2, 0) is 9.53 Å². The normalized spacial score (nSPS) is 11.1. The Labute approximate surface area is 86.9 Å². The van der Waals surface area contributed by atoms with E-state index in [-0.39, 0.29) is 5.97 Å². The van der Waals surface area contributed by atoms with Gasteiger partial charge in [-0.25, -0.2) is 4.79 Å². The first-order chi connectivity index (χ1) is 6.55. The second kappa shape index (κ2) is 5.81. The highest BCUT2D eigenvalue weighted by Crippen LogP contribution is 2.10. The maximum absolute atomic E-state index is 11.2. The summed E-state index contributed by atoms with van der Waals surface area (Å²) in [4.78, 5) is 11.2. The zero-order valence-corrected chi connectivity index (χ0v) is 9.80. The van der Waals surface area contributed by atoms with Crippen molar-refractivity contribution in [2.75, 3.05) is 33.3 Å². The summed E-state index contributed by atoms with van der Waals surface area (Å²) in [7, 11) is 1.39. The number of ether oxygens (including phenoxy) is 1. The predicted molar refractivity (Wildman–Crippen MR) is 57.9 cm³/mol. The zero-order chi connectivity index (χ0) is 11.2. The van der Waals surface area contributed by atoms with Crippen molar-refractivity contribution in [3.05, 3.63) is 12.2 Å². The second-order valence-corrected chi connectivity index (χ2v) is 3.54. The van der Waals surface area contributed by atoms with Crippen LogP contribution in [-0.4, -0.2) is 43.7 Å². The number of rotatable bonds is 6. The average Bonchev–Trinajstić information content (AvgIpc) is 2.24. The summed E-state index contributed by atoms with van der Waals surface area (Å²) < 4.78 is 5.54. The van der Waals surface area contributed by atoms with Crippen LogP contribution in [0.1, 0.15) is 20.8 Å². The molecule has 0 heterocycles. The van der Waals surface area contributed by atoms with Gasteiger partial charge in [0.1, 0.15) is 6.54 Å². The topological polar surface area (TPSA) is 26.3 Å². The molecule has 0 N–H and O–H groups in total. The van der Waals surface area contributed by atoms with E-state index in [9.17, 15) is 4.79 Å². The number of carbonyl (C=O) groups is 1. The molecule has 82 valence electrons. The van der Waals surface area contributed by atoms with Gasteiger partial charge in [0.05, 0.1) is 32.3 Å². The lowest BCUT2D eigenvalue weighted by Gasteiger charge is -2.35. The fourth-order valence-corrected chi connectivity index (χ4v) is 1.62. The third-order valence-electron chi connectivity index (χ3n) is 3.01. The molecule has 3 nitrogen and oxygen atoms in total. The van der Waals surface area contributed by atoms with Gasteiger partial charge in [0.2, 0.25) is 0 Å². The van der Waals surface area contributed by atoms with E-state index in [0.717, 1.165) is 24.1 Å². The number of quaternary nitrogens is 1. The van der Waals surface area contributed by atoms with E-state index < -0.39 is 0 Å². The summed E-state index contributed by atoms with van der Waals surface area (Å²) in [6.45, 7) is 13.9. The standard InChI is InChI=1S/C11H22NO2/c1-6-12(7-2,8-3)9-10(4)11(13)14-5/h4,6-9H2,1-3,5H3/q+1. The Balaban J connectivity index is 4.44. The Morgan fingerprint density at radius 3 is 1.93 bits per heavy atom. The van der Waals surface area contributed by atoms with Crippen LogP contribution in [0.2, 0.25) is 0 Å². The van der Waals surface area contributed by atoms with Crippen molar-refractivity contribution in [2.45, 2.75) is 20.8 Å². The summed E-state index contributed by atoms with van der Waals surface area (Å²) in [5.41, 5.74) is 0.568. The molecule has 14 heavy (non-hydrogen) atoms. The zero-order valence-electron chi connectivity index (χ0n) is 9.80. The Kier molecular flexibility index (Phi) is 5.46. The van der Waals surface area contributed by atoms with Gasteiger partial charge in [-0.05, 0) is 20.8 Å². The molecule has 0 radical (unpaired) electrons. The fraction of sp³-hybridized carbons (Fsp3) is 0.727. The van der Waals surface area contributed by atoms with Crippen molar-refractivity contribution in [3.8, 4) is 0 Å². The monoisotopic (exact) mass is 200 g/mol. The highest BCUT2D eigenvalue weighted by molar-refractivity contribution is 5.87. The molecule has 0 atom stereocenters. The van der Waals surface area contributed by atoms with Crippen molar-refractivity contribution in [2.24, 2.45) is 0 Å². The molecule has 0 bridgehead atoms. The number of carbonyl (C=O) groups excluding carboxylic acids is 1. The van der Waals surface area contributed by atoms with Crippen LogP contribution < -0.4 is 0 Å². The van der Waals surface area contributed by atoms with Crippen LogP contribution in [0.4, 0.5) is 0 Å². The van der Waals surface area contributed by atoms with Crippen LogP contribution in [0.3, 0.4) is 0 Å². The summed E-state index contributed by atoms with van der Waals surface area (Å²) in [6, 6.07) is 0. The predicted octanol–water partition coefficient (Wildman–Crippen LogP) is 1.59. The number of esters is 1.